The summed E-state index contributed by atoms with van der Waals surface area (Å²) in [5.41, 5.74) is 1.26. The molecule has 0 spiro atoms. The van der Waals surface area contributed by atoms with Crippen molar-refractivity contribution in [2.75, 3.05) is 25.0 Å². The van der Waals surface area contributed by atoms with Crippen LogP contribution in [-0.4, -0.2) is 48.0 Å². The number of anilines is 1. The molecule has 2 atom stereocenters. The lowest BCUT2D eigenvalue weighted by atomic mass is 9.89. The highest BCUT2D eigenvalue weighted by Gasteiger charge is 2.34. The third kappa shape index (κ3) is 3.89. The van der Waals surface area contributed by atoms with E-state index in [9.17, 15) is 4.79 Å². The number of likely N-dealkylation sites (tertiary alicyclic amines) is 1. The van der Waals surface area contributed by atoms with Gasteiger partial charge in [-0.05, 0) is 44.9 Å². The molecule has 5 nitrogen and oxygen atoms in total. The second-order valence-electron chi connectivity index (χ2n) is 7.53. The average Bonchev–Trinajstić information content (AvgIpc) is 3.01. The molecule has 5 heteroatoms. The van der Waals surface area contributed by atoms with E-state index in [0.717, 1.165) is 25.5 Å². The number of carbonyl (C=O) groups is 1. The van der Waals surface area contributed by atoms with Gasteiger partial charge in [-0.15, -0.1) is 0 Å². The molecule has 2 saturated heterocycles. The van der Waals surface area contributed by atoms with E-state index in [1.54, 1.807) is 0 Å². The van der Waals surface area contributed by atoms with Crippen molar-refractivity contribution in [3.05, 3.63) is 23.9 Å². The molecule has 132 valence electrons. The first kappa shape index (κ1) is 17.2. The first-order valence-corrected chi connectivity index (χ1v) is 9.23. The molecule has 3 rings (SSSR count). The van der Waals surface area contributed by atoms with Gasteiger partial charge in [0.1, 0.15) is 5.82 Å². The number of nitrogens with one attached hydrogen (secondary N) is 1. The highest BCUT2D eigenvalue weighted by Crippen LogP contribution is 2.28. The van der Waals surface area contributed by atoms with E-state index in [2.05, 4.69) is 53.1 Å². The fraction of sp³-hybridized carbons (Fsp3) is 0.684. The molecule has 1 amide bonds. The summed E-state index contributed by atoms with van der Waals surface area (Å²) in [6, 6.07) is 5.29. The Morgan fingerprint density at radius 2 is 2.21 bits per heavy atom. The first-order valence-electron chi connectivity index (χ1n) is 9.23. The number of hydrogen-bond donors (Lipinski definition) is 1. The van der Waals surface area contributed by atoms with Gasteiger partial charge in [0.15, 0.2) is 0 Å². The van der Waals surface area contributed by atoms with Crippen LogP contribution < -0.4 is 10.2 Å². The fourth-order valence-electron chi connectivity index (χ4n) is 3.86. The van der Waals surface area contributed by atoms with Gasteiger partial charge in [-0.1, -0.05) is 12.5 Å². The fourth-order valence-corrected chi connectivity index (χ4v) is 3.86. The summed E-state index contributed by atoms with van der Waals surface area (Å²) >= 11 is 0. The van der Waals surface area contributed by atoms with Crippen LogP contribution in [0.2, 0.25) is 0 Å². The van der Waals surface area contributed by atoms with Gasteiger partial charge in [0.05, 0.1) is 0 Å². The van der Waals surface area contributed by atoms with Gasteiger partial charge in [-0.2, -0.15) is 0 Å². The minimum Gasteiger partial charge on any atom is -0.357 e. The topological polar surface area (TPSA) is 48.5 Å². The number of piperidine rings is 1. The number of hydrogen-bond acceptors (Lipinski definition) is 4. The van der Waals surface area contributed by atoms with E-state index >= 15 is 0 Å². The molecule has 2 aliphatic heterocycles. The van der Waals surface area contributed by atoms with Crippen LogP contribution in [0.4, 0.5) is 5.82 Å². The monoisotopic (exact) mass is 330 g/mol. The van der Waals surface area contributed by atoms with E-state index in [4.69, 9.17) is 0 Å². The van der Waals surface area contributed by atoms with E-state index in [1.165, 1.54) is 24.8 Å². The number of carbonyl (C=O) groups excluding carboxylic acids is 1. The molecule has 3 heterocycles. The Bertz CT molecular complexity index is 557. The normalized spacial score (nSPS) is 25.1. The maximum absolute atomic E-state index is 11.6. The number of aromatic nitrogens is 1. The highest BCUT2D eigenvalue weighted by atomic mass is 16.1. The molecule has 1 aromatic heterocycles. The van der Waals surface area contributed by atoms with Gasteiger partial charge in [0, 0.05) is 50.8 Å². The first-order chi connectivity index (χ1) is 11.5. The number of nitrogens with zero attached hydrogens (tertiary/aromatic N) is 3. The van der Waals surface area contributed by atoms with Crippen LogP contribution in [0.5, 0.6) is 0 Å². The van der Waals surface area contributed by atoms with Crippen LogP contribution in [-0.2, 0) is 11.3 Å². The van der Waals surface area contributed by atoms with E-state index in [1.807, 2.05) is 6.20 Å². The number of amides is 1. The van der Waals surface area contributed by atoms with Crippen LogP contribution in [0.1, 0.15) is 45.1 Å². The summed E-state index contributed by atoms with van der Waals surface area (Å²) in [6.45, 7) is 7.25. The summed E-state index contributed by atoms with van der Waals surface area (Å²) in [6.07, 6.45) is 6.45. The minimum atomic E-state index is 0.216. The summed E-state index contributed by atoms with van der Waals surface area (Å²) in [4.78, 5) is 21.0. The van der Waals surface area contributed by atoms with E-state index in [-0.39, 0.29) is 5.91 Å². The quantitative estimate of drug-likeness (QED) is 0.901. The molecule has 0 aromatic carbocycles. The molecule has 0 saturated carbocycles. The Morgan fingerprint density at radius 3 is 2.83 bits per heavy atom. The predicted octanol–water partition coefficient (Wildman–Crippen LogP) is 2.42. The Labute approximate surface area is 145 Å². The number of pyridine rings is 1. The van der Waals surface area contributed by atoms with Gasteiger partial charge in [0.25, 0.3) is 0 Å². The lowest BCUT2D eigenvalue weighted by Crippen LogP contribution is -2.44. The Hall–Kier alpha value is -1.62. The average molecular weight is 330 g/mol. The summed E-state index contributed by atoms with van der Waals surface area (Å²) in [7, 11) is 2.08. The molecule has 1 aromatic rings. The van der Waals surface area contributed by atoms with Gasteiger partial charge in [0.2, 0.25) is 5.91 Å². The zero-order chi connectivity index (χ0) is 17.1. The molecule has 0 aliphatic carbocycles. The summed E-state index contributed by atoms with van der Waals surface area (Å²) < 4.78 is 0. The van der Waals surface area contributed by atoms with Crippen molar-refractivity contribution in [2.45, 2.75) is 58.2 Å². The highest BCUT2D eigenvalue weighted by molar-refractivity contribution is 5.78. The van der Waals surface area contributed by atoms with Crippen LogP contribution in [0, 0.1) is 5.92 Å². The molecule has 2 fully saturated rings. The second kappa shape index (κ2) is 7.51. The largest absolute Gasteiger partial charge is 0.357 e. The van der Waals surface area contributed by atoms with Crippen LogP contribution in [0.25, 0.3) is 0 Å². The van der Waals surface area contributed by atoms with Crippen LogP contribution in [0.15, 0.2) is 18.3 Å². The van der Waals surface area contributed by atoms with Crippen molar-refractivity contribution in [3.8, 4) is 0 Å². The van der Waals surface area contributed by atoms with Gasteiger partial charge >= 0.3 is 0 Å². The molecule has 24 heavy (non-hydrogen) atoms. The molecular formula is C19H30N4O. The van der Waals surface area contributed by atoms with Gasteiger partial charge in [-0.3, -0.25) is 9.69 Å². The van der Waals surface area contributed by atoms with Crippen molar-refractivity contribution < 1.29 is 4.79 Å². The minimum absolute atomic E-state index is 0.216. The molecule has 1 N–H and O–H groups in total. The van der Waals surface area contributed by atoms with Gasteiger partial charge < -0.3 is 10.2 Å². The zero-order valence-corrected chi connectivity index (χ0v) is 15.2. The standard InChI is InChI=1S/C19H30N4O/c1-14(2)22(3)18-8-7-15(11-20-18)13-23-9-5-4-6-17(23)16-10-19(24)21-12-16/h7-8,11,14,16-17H,4-6,9-10,12-13H2,1-3H3,(H,21,24)/t16-,17-/m0/s1. The van der Waals surface area contributed by atoms with E-state index in [0.29, 0.717) is 24.4 Å². The Morgan fingerprint density at radius 1 is 1.38 bits per heavy atom. The van der Waals surface area contributed by atoms with E-state index < -0.39 is 0 Å². The molecular weight excluding hydrogens is 300 g/mol. The molecule has 0 unspecified atom stereocenters. The van der Waals surface area contributed by atoms with Crippen molar-refractivity contribution in [3.63, 3.8) is 0 Å². The molecule has 2 aliphatic rings. The molecule has 0 radical (unpaired) electrons. The maximum Gasteiger partial charge on any atom is 0.220 e. The summed E-state index contributed by atoms with van der Waals surface area (Å²) in [5, 5.41) is 3.00. The third-order valence-electron chi connectivity index (χ3n) is 5.55. The SMILES string of the molecule is CC(C)N(C)c1ccc(CN2CCCC[C@H]2[C@@H]2CNC(=O)C2)cn1. The Balaban J connectivity index is 1.65. The van der Waals surface area contributed by atoms with Crippen LogP contribution in [0.3, 0.4) is 0 Å². The van der Waals surface area contributed by atoms with Crippen molar-refractivity contribution >= 4 is 11.7 Å². The van der Waals surface area contributed by atoms with Crippen molar-refractivity contribution in [1.82, 2.24) is 15.2 Å². The zero-order valence-electron chi connectivity index (χ0n) is 15.2. The smallest absolute Gasteiger partial charge is 0.220 e. The van der Waals surface area contributed by atoms with Crippen LogP contribution >= 0.6 is 0 Å². The lowest BCUT2D eigenvalue weighted by Gasteiger charge is -2.38. The molecule has 0 bridgehead atoms. The van der Waals surface area contributed by atoms with Crippen molar-refractivity contribution in [2.24, 2.45) is 5.92 Å². The predicted molar refractivity (Wildman–Crippen MR) is 96.9 cm³/mol. The third-order valence-corrected chi connectivity index (χ3v) is 5.55. The van der Waals surface area contributed by atoms with Gasteiger partial charge in [-0.25, -0.2) is 4.98 Å². The second-order valence-corrected chi connectivity index (χ2v) is 7.53. The maximum atomic E-state index is 11.6. The Kier molecular flexibility index (Phi) is 5.39. The number of rotatable bonds is 5. The van der Waals surface area contributed by atoms with Crippen molar-refractivity contribution in [1.29, 1.82) is 0 Å². The summed E-state index contributed by atoms with van der Waals surface area (Å²) in [5.74, 6) is 1.71. The lowest BCUT2D eigenvalue weighted by molar-refractivity contribution is -0.119.